The zero-order chi connectivity index (χ0) is 22.2. The summed E-state index contributed by atoms with van der Waals surface area (Å²) >= 11 is 1.49. The van der Waals surface area contributed by atoms with Crippen LogP contribution in [-0.4, -0.2) is 49.3 Å². The monoisotopic (exact) mass is 434 g/mol. The average Bonchev–Trinajstić information content (AvgIpc) is 3.31. The highest BCUT2D eigenvalue weighted by Gasteiger charge is 2.20. The second-order valence-electron chi connectivity index (χ2n) is 7.33. The van der Waals surface area contributed by atoms with Gasteiger partial charge in [-0.3, -0.25) is 9.59 Å². The quantitative estimate of drug-likeness (QED) is 0.494. The van der Waals surface area contributed by atoms with Gasteiger partial charge in [0, 0.05) is 26.0 Å². The summed E-state index contributed by atoms with van der Waals surface area (Å²) in [6, 6.07) is 21.4. The number of thiophene rings is 1. The molecule has 31 heavy (non-hydrogen) atoms. The summed E-state index contributed by atoms with van der Waals surface area (Å²) in [7, 11) is 5.00. The third kappa shape index (κ3) is 6.30. The maximum atomic E-state index is 13.2. The van der Waals surface area contributed by atoms with E-state index in [1.807, 2.05) is 78.2 Å². The molecule has 2 amide bonds. The van der Waals surface area contributed by atoms with E-state index >= 15 is 0 Å². The molecule has 3 rings (SSSR count). The minimum Gasteiger partial charge on any atom is -0.489 e. The predicted molar refractivity (Wildman–Crippen MR) is 126 cm³/mol. The Morgan fingerprint density at radius 3 is 2.42 bits per heavy atom. The summed E-state index contributed by atoms with van der Waals surface area (Å²) < 4.78 is 5.92. The van der Waals surface area contributed by atoms with Crippen LogP contribution in [0.4, 0.5) is 0 Å². The summed E-state index contributed by atoms with van der Waals surface area (Å²) in [5.41, 5.74) is 2.49. The topological polar surface area (TPSA) is 49.9 Å². The number of amides is 2. The van der Waals surface area contributed by atoms with E-state index in [-0.39, 0.29) is 18.4 Å². The Kier molecular flexibility index (Phi) is 7.62. The fraction of sp³-hybridized carbons (Fsp3) is 0.200. The van der Waals surface area contributed by atoms with E-state index in [0.29, 0.717) is 12.2 Å². The lowest BCUT2D eigenvalue weighted by molar-refractivity contribution is -0.135. The first-order valence-electron chi connectivity index (χ1n) is 9.92. The van der Waals surface area contributed by atoms with Gasteiger partial charge in [0.1, 0.15) is 12.4 Å². The number of ether oxygens (including phenoxy) is 1. The number of hydrogen-bond acceptors (Lipinski definition) is 4. The number of rotatable bonds is 8. The van der Waals surface area contributed by atoms with Crippen LogP contribution < -0.4 is 4.74 Å². The lowest BCUT2D eigenvalue weighted by atomic mass is 10.1. The molecule has 0 unspecified atom stereocenters. The number of likely N-dealkylation sites (N-methyl/N-ethyl adjacent to an activating group) is 2. The number of hydrogen-bond donors (Lipinski definition) is 0. The molecule has 1 aromatic heterocycles. The van der Waals surface area contributed by atoms with Gasteiger partial charge in [-0.2, -0.15) is 0 Å². The van der Waals surface area contributed by atoms with Gasteiger partial charge >= 0.3 is 0 Å². The van der Waals surface area contributed by atoms with Crippen molar-refractivity contribution >= 4 is 34.8 Å². The third-order valence-electron chi connectivity index (χ3n) is 4.65. The molecule has 1 heterocycles. The van der Waals surface area contributed by atoms with Crippen molar-refractivity contribution in [2.45, 2.75) is 6.61 Å². The first-order chi connectivity index (χ1) is 14.9. The van der Waals surface area contributed by atoms with Crippen molar-refractivity contribution in [1.82, 2.24) is 9.80 Å². The standard InChI is InChI=1S/C25H26N2O3S/c1-26(2)24(28)17-27(3)25(29)22(23-13-8-14-31-23)16-20-11-7-12-21(15-20)30-18-19-9-5-4-6-10-19/h4-16H,17-18H2,1-3H3/b22-16+. The molecule has 0 aliphatic heterocycles. The Morgan fingerprint density at radius 1 is 0.968 bits per heavy atom. The van der Waals surface area contributed by atoms with Crippen LogP contribution in [0.1, 0.15) is 16.0 Å². The summed E-state index contributed by atoms with van der Waals surface area (Å²) in [6.07, 6.45) is 1.85. The van der Waals surface area contributed by atoms with Gasteiger partial charge in [0.2, 0.25) is 5.91 Å². The van der Waals surface area contributed by atoms with E-state index in [0.717, 1.165) is 21.8 Å². The van der Waals surface area contributed by atoms with Gasteiger partial charge in [-0.1, -0.05) is 48.5 Å². The van der Waals surface area contributed by atoms with Gasteiger partial charge in [-0.05, 0) is 40.8 Å². The number of benzene rings is 2. The smallest absolute Gasteiger partial charge is 0.255 e. The number of carbonyl (C=O) groups excluding carboxylic acids is 2. The van der Waals surface area contributed by atoms with Crippen molar-refractivity contribution in [3.05, 3.63) is 88.1 Å². The van der Waals surface area contributed by atoms with Gasteiger partial charge in [-0.25, -0.2) is 0 Å². The molecule has 0 saturated heterocycles. The van der Waals surface area contributed by atoms with Crippen LogP contribution in [0.25, 0.3) is 11.6 Å². The van der Waals surface area contributed by atoms with Crippen LogP contribution in [-0.2, 0) is 16.2 Å². The summed E-state index contributed by atoms with van der Waals surface area (Å²) in [5.74, 6) is 0.401. The largest absolute Gasteiger partial charge is 0.489 e. The highest BCUT2D eigenvalue weighted by molar-refractivity contribution is 7.11. The maximum Gasteiger partial charge on any atom is 0.255 e. The molecule has 3 aromatic rings. The van der Waals surface area contributed by atoms with Crippen molar-refractivity contribution in [3.63, 3.8) is 0 Å². The lowest BCUT2D eigenvalue weighted by Crippen LogP contribution is -2.38. The van der Waals surface area contributed by atoms with E-state index < -0.39 is 0 Å². The molecule has 0 aliphatic carbocycles. The molecule has 160 valence electrons. The predicted octanol–water partition coefficient (Wildman–Crippen LogP) is 4.41. The van der Waals surface area contributed by atoms with Gasteiger partial charge in [-0.15, -0.1) is 11.3 Å². The lowest BCUT2D eigenvalue weighted by Gasteiger charge is -2.20. The molecular formula is C25H26N2O3S. The van der Waals surface area contributed by atoms with Crippen molar-refractivity contribution in [2.75, 3.05) is 27.7 Å². The first kappa shape index (κ1) is 22.3. The molecule has 0 radical (unpaired) electrons. The number of carbonyl (C=O) groups is 2. The second kappa shape index (κ2) is 10.6. The van der Waals surface area contributed by atoms with Crippen molar-refractivity contribution < 1.29 is 14.3 Å². The summed E-state index contributed by atoms with van der Waals surface area (Å²) in [5, 5.41) is 1.93. The molecule has 0 N–H and O–H groups in total. The fourth-order valence-electron chi connectivity index (χ4n) is 2.89. The molecule has 2 aromatic carbocycles. The fourth-order valence-corrected chi connectivity index (χ4v) is 3.63. The van der Waals surface area contributed by atoms with Crippen LogP contribution in [0.15, 0.2) is 72.1 Å². The Hall–Kier alpha value is -3.38. The Balaban J connectivity index is 1.82. The van der Waals surface area contributed by atoms with Crippen molar-refractivity contribution in [3.8, 4) is 5.75 Å². The molecule has 0 bridgehead atoms. The van der Waals surface area contributed by atoms with Crippen LogP contribution in [0, 0.1) is 0 Å². The summed E-state index contributed by atoms with van der Waals surface area (Å²) in [4.78, 5) is 29.0. The van der Waals surface area contributed by atoms with E-state index in [1.165, 1.54) is 21.1 Å². The Bertz CT molecular complexity index is 1040. The van der Waals surface area contributed by atoms with Crippen molar-refractivity contribution in [2.24, 2.45) is 0 Å². The van der Waals surface area contributed by atoms with Crippen LogP contribution in [0.2, 0.25) is 0 Å². The zero-order valence-electron chi connectivity index (χ0n) is 17.9. The SMILES string of the molecule is CN(C)C(=O)CN(C)C(=O)/C(=C/c1cccc(OCc2ccccc2)c1)c1cccs1. The minimum absolute atomic E-state index is 0.0226. The normalized spacial score (nSPS) is 11.1. The van der Waals surface area contributed by atoms with Gasteiger partial charge in [0.05, 0.1) is 12.1 Å². The number of nitrogens with zero attached hydrogens (tertiary/aromatic N) is 2. The average molecular weight is 435 g/mol. The maximum absolute atomic E-state index is 13.2. The summed E-state index contributed by atoms with van der Waals surface area (Å²) in [6.45, 7) is 0.495. The second-order valence-corrected chi connectivity index (χ2v) is 8.28. The van der Waals surface area contributed by atoms with Gasteiger partial charge in [0.15, 0.2) is 0 Å². The van der Waals surface area contributed by atoms with Gasteiger partial charge < -0.3 is 14.5 Å². The molecule has 0 fully saturated rings. The van der Waals surface area contributed by atoms with Crippen LogP contribution in [0.5, 0.6) is 5.75 Å². The van der Waals surface area contributed by atoms with E-state index in [9.17, 15) is 9.59 Å². The molecule has 0 atom stereocenters. The molecule has 0 spiro atoms. The third-order valence-corrected chi connectivity index (χ3v) is 5.56. The van der Waals surface area contributed by atoms with Crippen LogP contribution >= 0.6 is 11.3 Å². The van der Waals surface area contributed by atoms with Crippen LogP contribution in [0.3, 0.4) is 0 Å². The van der Waals surface area contributed by atoms with Gasteiger partial charge in [0.25, 0.3) is 5.91 Å². The highest BCUT2D eigenvalue weighted by Crippen LogP contribution is 2.26. The zero-order valence-corrected chi connectivity index (χ0v) is 18.8. The Morgan fingerprint density at radius 2 is 1.74 bits per heavy atom. The molecule has 6 heteroatoms. The molecular weight excluding hydrogens is 408 g/mol. The first-order valence-corrected chi connectivity index (χ1v) is 10.8. The Labute approximate surface area is 187 Å². The highest BCUT2D eigenvalue weighted by atomic mass is 32.1. The van der Waals surface area contributed by atoms with E-state index in [1.54, 1.807) is 21.1 Å². The minimum atomic E-state index is -0.201. The molecule has 0 saturated carbocycles. The van der Waals surface area contributed by atoms with E-state index in [2.05, 4.69) is 0 Å². The van der Waals surface area contributed by atoms with E-state index in [4.69, 9.17) is 4.74 Å². The molecule has 0 aliphatic rings. The molecule has 5 nitrogen and oxygen atoms in total. The van der Waals surface area contributed by atoms with Crippen molar-refractivity contribution in [1.29, 1.82) is 0 Å².